The van der Waals surface area contributed by atoms with E-state index >= 15 is 0 Å². The molecule has 0 radical (unpaired) electrons. The van der Waals surface area contributed by atoms with Gasteiger partial charge in [0.05, 0.1) is 5.84 Å². The average Bonchev–Trinajstić information content (AvgIpc) is 2.22. The SMILES string of the molecule is CC.CC(=N)N1CCC(CCO)CC1. The molecule has 0 atom stereocenters. The van der Waals surface area contributed by atoms with Gasteiger partial charge in [0.15, 0.2) is 0 Å². The van der Waals surface area contributed by atoms with Gasteiger partial charge in [-0.25, -0.2) is 0 Å². The van der Waals surface area contributed by atoms with Crippen molar-refractivity contribution < 1.29 is 5.11 Å². The van der Waals surface area contributed by atoms with Crippen molar-refractivity contribution in [2.45, 2.75) is 40.0 Å². The van der Waals surface area contributed by atoms with Gasteiger partial charge in [-0.1, -0.05) is 13.8 Å². The van der Waals surface area contributed by atoms with Crippen LogP contribution in [0.2, 0.25) is 0 Å². The summed E-state index contributed by atoms with van der Waals surface area (Å²) in [6.45, 7) is 8.15. The summed E-state index contributed by atoms with van der Waals surface area (Å²) < 4.78 is 0. The third-order valence-electron chi connectivity index (χ3n) is 2.63. The van der Waals surface area contributed by atoms with Crippen LogP contribution in [0.15, 0.2) is 0 Å². The Morgan fingerprint density at radius 3 is 2.21 bits per heavy atom. The van der Waals surface area contributed by atoms with Crippen LogP contribution in [0.4, 0.5) is 0 Å². The van der Waals surface area contributed by atoms with Crippen LogP contribution in [-0.4, -0.2) is 35.5 Å². The van der Waals surface area contributed by atoms with Gasteiger partial charge in [0.25, 0.3) is 0 Å². The van der Waals surface area contributed by atoms with E-state index in [-0.39, 0.29) is 0 Å². The largest absolute Gasteiger partial charge is 0.396 e. The van der Waals surface area contributed by atoms with Crippen LogP contribution in [0.3, 0.4) is 0 Å². The first-order valence-corrected chi connectivity index (χ1v) is 5.65. The number of nitrogens with one attached hydrogen (secondary N) is 1. The van der Waals surface area contributed by atoms with Gasteiger partial charge in [-0.2, -0.15) is 0 Å². The minimum atomic E-state index is 0.314. The lowest BCUT2D eigenvalue weighted by atomic mass is 9.94. The second-order valence-corrected chi connectivity index (χ2v) is 3.53. The van der Waals surface area contributed by atoms with Gasteiger partial charge in [0.2, 0.25) is 0 Å². The molecule has 1 rings (SSSR count). The Hall–Kier alpha value is -0.570. The van der Waals surface area contributed by atoms with E-state index in [1.165, 1.54) is 0 Å². The minimum absolute atomic E-state index is 0.314. The summed E-state index contributed by atoms with van der Waals surface area (Å²) in [5.74, 6) is 1.36. The second kappa shape index (κ2) is 7.80. The maximum Gasteiger partial charge on any atom is 0.0925 e. The Labute approximate surface area is 87.6 Å². The molecule has 84 valence electrons. The smallest absolute Gasteiger partial charge is 0.0925 e. The molecule has 0 aromatic carbocycles. The Morgan fingerprint density at radius 2 is 1.86 bits per heavy atom. The first-order valence-electron chi connectivity index (χ1n) is 5.65. The molecule has 0 aromatic heterocycles. The highest BCUT2D eigenvalue weighted by molar-refractivity contribution is 5.76. The van der Waals surface area contributed by atoms with Crippen LogP contribution >= 0.6 is 0 Å². The molecule has 0 aliphatic carbocycles. The van der Waals surface area contributed by atoms with E-state index in [0.29, 0.717) is 18.4 Å². The molecule has 3 heteroatoms. The number of nitrogens with zero attached hydrogens (tertiary/aromatic N) is 1. The molecule has 1 aliphatic rings. The van der Waals surface area contributed by atoms with Crippen LogP contribution in [0.1, 0.15) is 40.0 Å². The molecule has 1 fully saturated rings. The van der Waals surface area contributed by atoms with Crippen molar-refractivity contribution in [3.8, 4) is 0 Å². The van der Waals surface area contributed by atoms with E-state index in [0.717, 1.165) is 32.4 Å². The van der Waals surface area contributed by atoms with Crippen LogP contribution in [-0.2, 0) is 0 Å². The summed E-state index contributed by atoms with van der Waals surface area (Å²) in [5, 5.41) is 16.2. The molecule has 1 saturated heterocycles. The number of aliphatic hydroxyl groups is 1. The number of amidine groups is 1. The molecule has 0 unspecified atom stereocenters. The van der Waals surface area contributed by atoms with E-state index in [2.05, 4.69) is 4.90 Å². The summed E-state index contributed by atoms with van der Waals surface area (Å²) in [4.78, 5) is 2.11. The fraction of sp³-hybridized carbons (Fsp3) is 0.909. The monoisotopic (exact) mass is 200 g/mol. The van der Waals surface area contributed by atoms with Gasteiger partial charge in [0.1, 0.15) is 0 Å². The lowest BCUT2D eigenvalue weighted by molar-refractivity contribution is 0.203. The Balaban J connectivity index is 0.000000791. The van der Waals surface area contributed by atoms with Crippen molar-refractivity contribution in [2.24, 2.45) is 5.92 Å². The van der Waals surface area contributed by atoms with Crippen molar-refractivity contribution >= 4 is 5.84 Å². The number of rotatable bonds is 2. The van der Waals surface area contributed by atoms with Gasteiger partial charge in [-0.3, -0.25) is 5.41 Å². The summed E-state index contributed by atoms with van der Waals surface area (Å²) in [6, 6.07) is 0. The van der Waals surface area contributed by atoms with Gasteiger partial charge in [0, 0.05) is 19.7 Å². The quantitative estimate of drug-likeness (QED) is 0.530. The lowest BCUT2D eigenvalue weighted by Gasteiger charge is -2.32. The minimum Gasteiger partial charge on any atom is -0.396 e. The molecular weight excluding hydrogens is 176 g/mol. The molecule has 1 aliphatic heterocycles. The number of aliphatic hydroxyl groups excluding tert-OH is 1. The Kier molecular flexibility index (Phi) is 7.48. The van der Waals surface area contributed by atoms with Crippen molar-refractivity contribution in [3.05, 3.63) is 0 Å². The highest BCUT2D eigenvalue weighted by atomic mass is 16.3. The second-order valence-electron chi connectivity index (χ2n) is 3.53. The molecule has 3 nitrogen and oxygen atoms in total. The average molecular weight is 200 g/mol. The number of hydrogen-bond acceptors (Lipinski definition) is 2. The fourth-order valence-corrected chi connectivity index (χ4v) is 1.74. The molecule has 0 saturated carbocycles. The standard InChI is InChI=1S/C9H18N2O.C2H6/c1-8(10)11-5-2-9(3-6-11)4-7-12;1-2/h9-10,12H,2-7H2,1H3;1-2H3. The third-order valence-corrected chi connectivity index (χ3v) is 2.63. The molecule has 0 aromatic rings. The number of piperidine rings is 1. The first kappa shape index (κ1) is 13.4. The molecule has 14 heavy (non-hydrogen) atoms. The maximum atomic E-state index is 8.74. The first-order chi connectivity index (χ1) is 6.74. The zero-order chi connectivity index (χ0) is 11.0. The van der Waals surface area contributed by atoms with Crippen molar-refractivity contribution in [3.63, 3.8) is 0 Å². The topological polar surface area (TPSA) is 47.3 Å². The molecule has 1 heterocycles. The van der Waals surface area contributed by atoms with Crippen molar-refractivity contribution in [2.75, 3.05) is 19.7 Å². The van der Waals surface area contributed by atoms with Gasteiger partial charge in [-0.05, 0) is 32.1 Å². The highest BCUT2D eigenvalue weighted by Crippen LogP contribution is 2.19. The molecular formula is C11H24N2O. The molecule has 0 amide bonds. The third kappa shape index (κ3) is 4.61. The molecule has 0 bridgehead atoms. The van der Waals surface area contributed by atoms with Crippen LogP contribution in [0.5, 0.6) is 0 Å². The van der Waals surface area contributed by atoms with Crippen molar-refractivity contribution in [1.82, 2.24) is 4.90 Å². The van der Waals surface area contributed by atoms with E-state index in [9.17, 15) is 0 Å². The van der Waals surface area contributed by atoms with Crippen LogP contribution in [0, 0.1) is 11.3 Å². The highest BCUT2D eigenvalue weighted by Gasteiger charge is 2.18. The zero-order valence-electron chi connectivity index (χ0n) is 9.71. The Morgan fingerprint density at radius 1 is 1.36 bits per heavy atom. The van der Waals surface area contributed by atoms with Crippen molar-refractivity contribution in [1.29, 1.82) is 5.41 Å². The van der Waals surface area contributed by atoms with E-state index in [1.807, 2.05) is 20.8 Å². The summed E-state index contributed by atoms with van der Waals surface area (Å²) >= 11 is 0. The Bertz CT molecular complexity index is 151. The van der Waals surface area contributed by atoms with E-state index < -0.39 is 0 Å². The summed E-state index contributed by atoms with van der Waals surface area (Å²) in [5.41, 5.74) is 0. The lowest BCUT2D eigenvalue weighted by Crippen LogP contribution is -2.36. The fourth-order valence-electron chi connectivity index (χ4n) is 1.74. The van der Waals surface area contributed by atoms with Crippen LogP contribution < -0.4 is 0 Å². The van der Waals surface area contributed by atoms with E-state index in [4.69, 9.17) is 10.5 Å². The van der Waals surface area contributed by atoms with Gasteiger partial charge in [-0.15, -0.1) is 0 Å². The molecule has 0 spiro atoms. The van der Waals surface area contributed by atoms with E-state index in [1.54, 1.807) is 0 Å². The zero-order valence-corrected chi connectivity index (χ0v) is 9.71. The normalized spacial score (nSPS) is 17.3. The van der Waals surface area contributed by atoms with Gasteiger partial charge < -0.3 is 10.0 Å². The summed E-state index contributed by atoms with van der Waals surface area (Å²) in [6.07, 6.45) is 3.21. The number of hydrogen-bond donors (Lipinski definition) is 2. The molecule has 2 N–H and O–H groups in total. The predicted octanol–water partition coefficient (Wildman–Crippen LogP) is 2.10. The number of likely N-dealkylation sites (tertiary alicyclic amines) is 1. The summed E-state index contributed by atoms with van der Waals surface area (Å²) in [7, 11) is 0. The maximum absolute atomic E-state index is 8.74. The van der Waals surface area contributed by atoms with Gasteiger partial charge >= 0.3 is 0 Å². The predicted molar refractivity (Wildman–Crippen MR) is 60.7 cm³/mol. The van der Waals surface area contributed by atoms with Crippen LogP contribution in [0.25, 0.3) is 0 Å².